The molecule has 0 bridgehead atoms. The van der Waals surface area contributed by atoms with Gasteiger partial charge >= 0.3 is 0 Å². The Labute approximate surface area is 167 Å². The van der Waals surface area contributed by atoms with Crippen LogP contribution >= 0.6 is 0 Å². The molecule has 144 valence electrons. The molecule has 1 unspecified atom stereocenters. The smallest absolute Gasteiger partial charge is 0.228 e. The van der Waals surface area contributed by atoms with Gasteiger partial charge in [0.25, 0.3) is 0 Å². The first-order valence-corrected chi connectivity index (χ1v) is 10.2. The van der Waals surface area contributed by atoms with Gasteiger partial charge in [0.15, 0.2) is 0 Å². The lowest BCUT2D eigenvalue weighted by Crippen LogP contribution is -2.40. The van der Waals surface area contributed by atoms with E-state index in [4.69, 9.17) is 0 Å². The van der Waals surface area contributed by atoms with Gasteiger partial charge in [0.1, 0.15) is 0 Å². The maximum atomic E-state index is 12.9. The van der Waals surface area contributed by atoms with Crippen LogP contribution in [0.4, 0.5) is 5.69 Å². The van der Waals surface area contributed by atoms with E-state index in [9.17, 15) is 4.79 Å². The molecule has 0 aromatic heterocycles. The van der Waals surface area contributed by atoms with E-state index >= 15 is 0 Å². The van der Waals surface area contributed by atoms with Crippen molar-refractivity contribution in [3.05, 3.63) is 77.4 Å². The van der Waals surface area contributed by atoms with E-state index in [0.29, 0.717) is 0 Å². The Bertz CT molecular complexity index is 969. The van der Waals surface area contributed by atoms with Gasteiger partial charge in [-0.3, -0.25) is 9.69 Å². The van der Waals surface area contributed by atoms with Crippen molar-refractivity contribution in [1.82, 2.24) is 4.90 Å². The van der Waals surface area contributed by atoms with Crippen LogP contribution in [-0.4, -0.2) is 23.9 Å². The number of rotatable bonds is 4. The van der Waals surface area contributed by atoms with Gasteiger partial charge in [-0.2, -0.15) is 0 Å². The number of benzene rings is 3. The molecular formula is C25H28N2O. The Hall–Kier alpha value is -2.65. The summed E-state index contributed by atoms with van der Waals surface area (Å²) >= 11 is 0. The highest BCUT2D eigenvalue weighted by molar-refractivity contribution is 5.94. The summed E-state index contributed by atoms with van der Waals surface area (Å²) in [5, 5.41) is 5.79. The van der Waals surface area contributed by atoms with E-state index in [1.165, 1.54) is 16.3 Å². The van der Waals surface area contributed by atoms with Crippen LogP contribution in [-0.2, 0) is 11.3 Å². The van der Waals surface area contributed by atoms with Crippen molar-refractivity contribution in [2.75, 3.05) is 18.4 Å². The van der Waals surface area contributed by atoms with E-state index in [1.807, 2.05) is 6.07 Å². The predicted molar refractivity (Wildman–Crippen MR) is 116 cm³/mol. The first kappa shape index (κ1) is 18.7. The van der Waals surface area contributed by atoms with Crippen LogP contribution in [0.3, 0.4) is 0 Å². The monoisotopic (exact) mass is 372 g/mol. The summed E-state index contributed by atoms with van der Waals surface area (Å²) in [4.78, 5) is 15.4. The minimum Gasteiger partial charge on any atom is -0.325 e. The topological polar surface area (TPSA) is 32.3 Å². The number of hydrogen-bond acceptors (Lipinski definition) is 2. The number of carbonyl (C=O) groups excluding carboxylic acids is 1. The summed E-state index contributed by atoms with van der Waals surface area (Å²) in [6.45, 7) is 6.87. The number of anilines is 1. The summed E-state index contributed by atoms with van der Waals surface area (Å²) < 4.78 is 0. The molecule has 0 aliphatic carbocycles. The number of hydrogen-bond donors (Lipinski definition) is 1. The molecule has 1 saturated heterocycles. The third kappa shape index (κ3) is 3.95. The Morgan fingerprint density at radius 2 is 1.71 bits per heavy atom. The number of piperidine rings is 1. The first-order valence-electron chi connectivity index (χ1n) is 10.2. The normalized spacial score (nSPS) is 17.6. The molecule has 3 aromatic carbocycles. The van der Waals surface area contributed by atoms with E-state index in [-0.39, 0.29) is 11.8 Å². The van der Waals surface area contributed by atoms with Crippen molar-refractivity contribution >= 4 is 22.4 Å². The standard InChI is InChI=1S/C25H28N2O/c1-18-8-5-9-19(2)24(18)26-25(28)22-13-7-15-27(17-22)16-21-12-6-11-20-10-3-4-14-23(20)21/h3-6,8-12,14,22H,7,13,15-17H2,1-2H3,(H,26,28). The third-order valence-electron chi connectivity index (χ3n) is 5.88. The average molecular weight is 373 g/mol. The molecule has 1 aliphatic rings. The minimum atomic E-state index is 0.0442. The maximum Gasteiger partial charge on any atom is 0.228 e. The van der Waals surface area contributed by atoms with Crippen LogP contribution < -0.4 is 5.32 Å². The fourth-order valence-corrected chi connectivity index (χ4v) is 4.32. The van der Waals surface area contributed by atoms with Crippen LogP contribution in [0.15, 0.2) is 60.7 Å². The fraction of sp³-hybridized carbons (Fsp3) is 0.320. The molecule has 3 nitrogen and oxygen atoms in total. The van der Waals surface area contributed by atoms with Crippen molar-refractivity contribution in [3.8, 4) is 0 Å². The summed E-state index contributed by atoms with van der Waals surface area (Å²) in [6.07, 6.45) is 2.03. The lowest BCUT2D eigenvalue weighted by Gasteiger charge is -2.32. The average Bonchev–Trinajstić information content (AvgIpc) is 2.71. The molecule has 1 heterocycles. The lowest BCUT2D eigenvalue weighted by molar-refractivity contribution is -0.121. The van der Waals surface area contributed by atoms with Crippen LogP contribution in [0.5, 0.6) is 0 Å². The summed E-state index contributed by atoms with van der Waals surface area (Å²) in [6, 6.07) is 21.2. The molecule has 4 rings (SSSR count). The number of nitrogens with zero attached hydrogens (tertiary/aromatic N) is 1. The van der Waals surface area contributed by atoms with Gasteiger partial charge in [0, 0.05) is 18.8 Å². The van der Waals surface area contributed by atoms with Crippen molar-refractivity contribution in [3.63, 3.8) is 0 Å². The zero-order chi connectivity index (χ0) is 19.5. The largest absolute Gasteiger partial charge is 0.325 e. The Balaban J connectivity index is 1.46. The number of aryl methyl sites for hydroxylation is 2. The van der Waals surface area contributed by atoms with Crippen molar-refractivity contribution in [2.24, 2.45) is 5.92 Å². The van der Waals surface area contributed by atoms with E-state index in [1.54, 1.807) is 0 Å². The van der Waals surface area contributed by atoms with Crippen molar-refractivity contribution in [1.29, 1.82) is 0 Å². The van der Waals surface area contributed by atoms with Gasteiger partial charge in [-0.15, -0.1) is 0 Å². The Kier molecular flexibility index (Phi) is 5.45. The second-order valence-electron chi connectivity index (χ2n) is 7.97. The van der Waals surface area contributed by atoms with Gasteiger partial charge in [-0.1, -0.05) is 60.7 Å². The number of amides is 1. The maximum absolute atomic E-state index is 12.9. The van der Waals surface area contributed by atoms with Crippen molar-refractivity contribution in [2.45, 2.75) is 33.2 Å². The number of fused-ring (bicyclic) bond motifs is 1. The molecule has 1 atom stereocenters. The quantitative estimate of drug-likeness (QED) is 0.673. The third-order valence-corrected chi connectivity index (χ3v) is 5.88. The molecule has 0 spiro atoms. The zero-order valence-corrected chi connectivity index (χ0v) is 16.7. The van der Waals surface area contributed by atoms with Crippen LogP contribution in [0.1, 0.15) is 29.5 Å². The summed E-state index contributed by atoms with van der Waals surface area (Å²) in [7, 11) is 0. The number of carbonyl (C=O) groups is 1. The summed E-state index contributed by atoms with van der Waals surface area (Å²) in [5.41, 5.74) is 4.56. The van der Waals surface area contributed by atoms with Gasteiger partial charge in [-0.25, -0.2) is 0 Å². The van der Waals surface area contributed by atoms with E-state index in [0.717, 1.165) is 49.3 Å². The molecule has 0 saturated carbocycles. The highest BCUT2D eigenvalue weighted by atomic mass is 16.1. The minimum absolute atomic E-state index is 0.0442. The highest BCUT2D eigenvalue weighted by Crippen LogP contribution is 2.25. The Morgan fingerprint density at radius 3 is 2.54 bits per heavy atom. The number of para-hydroxylation sites is 1. The van der Waals surface area contributed by atoms with Crippen LogP contribution in [0.25, 0.3) is 10.8 Å². The van der Waals surface area contributed by atoms with E-state index in [2.05, 4.69) is 78.7 Å². The molecule has 1 amide bonds. The van der Waals surface area contributed by atoms with Gasteiger partial charge in [0.05, 0.1) is 5.92 Å². The van der Waals surface area contributed by atoms with Crippen LogP contribution in [0, 0.1) is 19.8 Å². The second-order valence-corrected chi connectivity index (χ2v) is 7.97. The lowest BCUT2D eigenvalue weighted by atomic mass is 9.95. The van der Waals surface area contributed by atoms with Gasteiger partial charge < -0.3 is 5.32 Å². The molecule has 0 radical (unpaired) electrons. The fourth-order valence-electron chi connectivity index (χ4n) is 4.32. The highest BCUT2D eigenvalue weighted by Gasteiger charge is 2.26. The SMILES string of the molecule is Cc1cccc(C)c1NC(=O)C1CCCN(Cc2cccc3ccccc23)C1. The number of nitrogens with one attached hydrogen (secondary N) is 1. The molecule has 1 fully saturated rings. The van der Waals surface area contributed by atoms with Gasteiger partial charge in [-0.05, 0) is 60.7 Å². The second kappa shape index (κ2) is 8.15. The molecule has 3 heteroatoms. The molecule has 1 N–H and O–H groups in total. The summed E-state index contributed by atoms with van der Waals surface area (Å²) in [5.74, 6) is 0.197. The molecular weight excluding hydrogens is 344 g/mol. The molecule has 28 heavy (non-hydrogen) atoms. The Morgan fingerprint density at radius 1 is 1.00 bits per heavy atom. The van der Waals surface area contributed by atoms with E-state index < -0.39 is 0 Å². The zero-order valence-electron chi connectivity index (χ0n) is 16.7. The molecule has 1 aliphatic heterocycles. The van der Waals surface area contributed by atoms with Crippen LogP contribution in [0.2, 0.25) is 0 Å². The van der Waals surface area contributed by atoms with Crippen molar-refractivity contribution < 1.29 is 4.79 Å². The van der Waals surface area contributed by atoms with Gasteiger partial charge in [0.2, 0.25) is 5.91 Å². The number of likely N-dealkylation sites (tertiary alicyclic amines) is 1. The first-order chi connectivity index (χ1) is 13.6. The molecule has 3 aromatic rings. The predicted octanol–water partition coefficient (Wildman–Crippen LogP) is 5.31.